The first-order valence-corrected chi connectivity index (χ1v) is 8.10. The summed E-state index contributed by atoms with van der Waals surface area (Å²) >= 11 is 4.05. The Hall–Kier alpha value is -0.0300. The van der Waals surface area contributed by atoms with Crippen LogP contribution < -0.4 is 5.73 Å². The average molecular weight is 259 g/mol. The van der Waals surface area contributed by atoms with Crippen molar-refractivity contribution in [1.29, 1.82) is 0 Å². The number of hydrogen-bond acceptors (Lipinski definition) is 3. The molecular weight excluding hydrogens is 238 g/mol. The van der Waals surface area contributed by atoms with Crippen molar-refractivity contribution < 1.29 is 0 Å². The summed E-state index contributed by atoms with van der Waals surface area (Å²) in [6, 6.07) is 0. The van der Waals surface area contributed by atoms with Gasteiger partial charge in [0, 0.05) is 29.3 Å². The standard InChI is InChI=1S/C11H21N3S2/c1-11(3-2-6-16-11)9-13-10(12)14-4-7-15-8-5-14/h2-9H2,1H3,(H2,12,13). The van der Waals surface area contributed by atoms with E-state index in [1.807, 2.05) is 23.5 Å². The molecule has 2 N–H and O–H groups in total. The van der Waals surface area contributed by atoms with Crippen molar-refractivity contribution in [2.75, 3.05) is 36.9 Å². The summed E-state index contributed by atoms with van der Waals surface area (Å²) in [7, 11) is 0. The van der Waals surface area contributed by atoms with Crippen LogP contribution in [0.1, 0.15) is 19.8 Å². The highest BCUT2D eigenvalue weighted by molar-refractivity contribution is 8.00. The molecule has 2 aliphatic heterocycles. The third-order valence-electron chi connectivity index (χ3n) is 3.21. The number of aliphatic imine (C=N–C) groups is 1. The predicted octanol–water partition coefficient (Wildman–Crippen LogP) is 1.64. The fourth-order valence-corrected chi connectivity index (χ4v) is 4.23. The summed E-state index contributed by atoms with van der Waals surface area (Å²) in [4.78, 5) is 6.81. The maximum Gasteiger partial charge on any atom is 0.191 e. The van der Waals surface area contributed by atoms with E-state index in [1.165, 1.54) is 30.1 Å². The van der Waals surface area contributed by atoms with Crippen LogP contribution in [-0.4, -0.2) is 52.5 Å². The molecule has 92 valence electrons. The monoisotopic (exact) mass is 259 g/mol. The first-order valence-electron chi connectivity index (χ1n) is 5.96. The van der Waals surface area contributed by atoms with E-state index in [0.29, 0.717) is 4.75 Å². The number of nitrogens with two attached hydrogens (primary N) is 1. The van der Waals surface area contributed by atoms with Crippen molar-refractivity contribution in [1.82, 2.24) is 4.90 Å². The Morgan fingerprint density at radius 3 is 2.75 bits per heavy atom. The Labute approximate surface area is 107 Å². The Balaban J connectivity index is 1.85. The zero-order valence-corrected chi connectivity index (χ0v) is 11.6. The van der Waals surface area contributed by atoms with E-state index in [0.717, 1.165) is 25.6 Å². The molecular formula is C11H21N3S2. The molecule has 2 fully saturated rings. The summed E-state index contributed by atoms with van der Waals surface area (Å²) in [6.07, 6.45) is 2.61. The van der Waals surface area contributed by atoms with E-state index in [-0.39, 0.29) is 0 Å². The zero-order valence-electron chi connectivity index (χ0n) is 9.95. The summed E-state index contributed by atoms with van der Waals surface area (Å²) < 4.78 is 0.342. The molecule has 0 aliphatic carbocycles. The van der Waals surface area contributed by atoms with Crippen molar-refractivity contribution in [2.24, 2.45) is 10.7 Å². The maximum atomic E-state index is 6.04. The first-order chi connectivity index (χ1) is 7.70. The average Bonchev–Trinajstić information content (AvgIpc) is 2.75. The maximum absolute atomic E-state index is 6.04. The molecule has 5 heteroatoms. The Morgan fingerprint density at radius 1 is 1.38 bits per heavy atom. The second-order valence-corrected chi connectivity index (χ2v) is 7.58. The zero-order chi connectivity index (χ0) is 11.4. The number of hydrogen-bond donors (Lipinski definition) is 1. The fraction of sp³-hybridized carbons (Fsp3) is 0.909. The second-order valence-electron chi connectivity index (χ2n) is 4.68. The van der Waals surface area contributed by atoms with Gasteiger partial charge in [0.15, 0.2) is 5.96 Å². The van der Waals surface area contributed by atoms with Crippen LogP contribution in [0.25, 0.3) is 0 Å². The predicted molar refractivity (Wildman–Crippen MR) is 75.5 cm³/mol. The molecule has 2 saturated heterocycles. The first kappa shape index (κ1) is 12.4. The van der Waals surface area contributed by atoms with Gasteiger partial charge in [-0.2, -0.15) is 23.5 Å². The lowest BCUT2D eigenvalue weighted by molar-refractivity contribution is 0.453. The molecule has 0 amide bonds. The van der Waals surface area contributed by atoms with Gasteiger partial charge in [-0.25, -0.2) is 0 Å². The van der Waals surface area contributed by atoms with Gasteiger partial charge in [0.2, 0.25) is 0 Å². The van der Waals surface area contributed by atoms with Crippen LogP contribution in [0.2, 0.25) is 0 Å². The van der Waals surface area contributed by atoms with E-state index in [1.54, 1.807) is 0 Å². The third kappa shape index (κ3) is 3.23. The van der Waals surface area contributed by atoms with Crippen molar-refractivity contribution in [2.45, 2.75) is 24.5 Å². The smallest absolute Gasteiger partial charge is 0.191 e. The Bertz CT molecular complexity index is 256. The second kappa shape index (κ2) is 5.54. The van der Waals surface area contributed by atoms with Gasteiger partial charge in [-0.05, 0) is 25.5 Å². The van der Waals surface area contributed by atoms with Crippen molar-refractivity contribution in [3.63, 3.8) is 0 Å². The van der Waals surface area contributed by atoms with Gasteiger partial charge < -0.3 is 10.6 Å². The van der Waals surface area contributed by atoms with Gasteiger partial charge in [-0.1, -0.05) is 0 Å². The van der Waals surface area contributed by atoms with Gasteiger partial charge in [0.25, 0.3) is 0 Å². The van der Waals surface area contributed by atoms with Gasteiger partial charge >= 0.3 is 0 Å². The van der Waals surface area contributed by atoms with Gasteiger partial charge in [-0.3, -0.25) is 4.99 Å². The van der Waals surface area contributed by atoms with Crippen LogP contribution in [0.4, 0.5) is 0 Å². The number of thioether (sulfide) groups is 2. The highest BCUT2D eigenvalue weighted by Gasteiger charge is 2.29. The van der Waals surface area contributed by atoms with E-state index < -0.39 is 0 Å². The minimum Gasteiger partial charge on any atom is -0.370 e. The third-order valence-corrected chi connectivity index (χ3v) is 5.68. The molecule has 0 bridgehead atoms. The Kier molecular flexibility index (Phi) is 4.30. The van der Waals surface area contributed by atoms with Crippen LogP contribution in [0.15, 0.2) is 4.99 Å². The molecule has 0 aromatic heterocycles. The lowest BCUT2D eigenvalue weighted by Gasteiger charge is -2.28. The van der Waals surface area contributed by atoms with E-state index >= 15 is 0 Å². The highest BCUT2D eigenvalue weighted by atomic mass is 32.2. The lowest BCUT2D eigenvalue weighted by Crippen LogP contribution is -2.43. The summed E-state index contributed by atoms with van der Waals surface area (Å²) in [5, 5.41) is 0. The molecule has 2 rings (SSSR count). The van der Waals surface area contributed by atoms with Crippen LogP contribution in [-0.2, 0) is 0 Å². The molecule has 0 spiro atoms. The largest absolute Gasteiger partial charge is 0.370 e. The summed E-state index contributed by atoms with van der Waals surface area (Å²) in [5.41, 5.74) is 6.04. The van der Waals surface area contributed by atoms with Crippen molar-refractivity contribution in [3.05, 3.63) is 0 Å². The lowest BCUT2D eigenvalue weighted by atomic mass is 10.1. The molecule has 1 unspecified atom stereocenters. The minimum atomic E-state index is 0.342. The van der Waals surface area contributed by atoms with E-state index in [9.17, 15) is 0 Å². The van der Waals surface area contributed by atoms with E-state index in [2.05, 4.69) is 16.8 Å². The fourth-order valence-electron chi connectivity index (χ4n) is 2.10. The molecule has 16 heavy (non-hydrogen) atoms. The molecule has 2 aliphatic rings. The topological polar surface area (TPSA) is 41.6 Å². The molecule has 1 atom stereocenters. The number of nitrogens with zero attached hydrogens (tertiary/aromatic N) is 2. The highest BCUT2D eigenvalue weighted by Crippen LogP contribution is 2.37. The summed E-state index contributed by atoms with van der Waals surface area (Å²) in [6.45, 7) is 5.31. The molecule has 0 saturated carbocycles. The van der Waals surface area contributed by atoms with Crippen LogP contribution >= 0.6 is 23.5 Å². The SMILES string of the molecule is CC1(CN=C(N)N2CCSCC2)CCCS1. The van der Waals surface area contributed by atoms with Gasteiger partial charge in [0.1, 0.15) is 0 Å². The molecule has 0 aromatic carbocycles. The molecule has 3 nitrogen and oxygen atoms in total. The van der Waals surface area contributed by atoms with Crippen LogP contribution in [0.3, 0.4) is 0 Å². The van der Waals surface area contributed by atoms with Crippen LogP contribution in [0.5, 0.6) is 0 Å². The Morgan fingerprint density at radius 2 is 2.12 bits per heavy atom. The quantitative estimate of drug-likeness (QED) is 0.604. The van der Waals surface area contributed by atoms with Gasteiger partial charge in [0.05, 0.1) is 6.54 Å². The summed E-state index contributed by atoms with van der Waals surface area (Å²) in [5.74, 6) is 4.41. The minimum absolute atomic E-state index is 0.342. The van der Waals surface area contributed by atoms with Gasteiger partial charge in [-0.15, -0.1) is 0 Å². The molecule has 0 radical (unpaired) electrons. The van der Waals surface area contributed by atoms with Crippen LogP contribution in [0, 0.1) is 0 Å². The van der Waals surface area contributed by atoms with E-state index in [4.69, 9.17) is 5.73 Å². The normalized spacial score (nSPS) is 32.1. The number of guanidine groups is 1. The van der Waals surface area contributed by atoms with Crippen molar-refractivity contribution in [3.8, 4) is 0 Å². The molecule has 0 aromatic rings. The van der Waals surface area contributed by atoms with Crippen molar-refractivity contribution >= 4 is 29.5 Å². The molecule has 2 heterocycles. The number of rotatable bonds is 2.